The molecule has 0 radical (unpaired) electrons. The van der Waals surface area contributed by atoms with Crippen molar-refractivity contribution in [2.75, 3.05) is 19.7 Å². The lowest BCUT2D eigenvalue weighted by molar-refractivity contribution is -0.0141. The van der Waals surface area contributed by atoms with Crippen molar-refractivity contribution in [2.24, 2.45) is 5.73 Å². The number of ether oxygens (including phenoxy) is 1. The van der Waals surface area contributed by atoms with Gasteiger partial charge in [0.25, 0.3) is 0 Å². The van der Waals surface area contributed by atoms with Crippen molar-refractivity contribution in [2.45, 2.75) is 6.10 Å². The van der Waals surface area contributed by atoms with Crippen molar-refractivity contribution in [3.8, 4) is 0 Å². The third-order valence-corrected chi connectivity index (χ3v) is 4.09. The first-order chi connectivity index (χ1) is 8.74. The summed E-state index contributed by atoms with van der Waals surface area (Å²) in [6.45, 7) is 1.54. The molecule has 18 heavy (non-hydrogen) atoms. The van der Waals surface area contributed by atoms with Gasteiger partial charge in [0, 0.05) is 6.54 Å². The second-order valence-corrected chi connectivity index (χ2v) is 5.23. The average molecular weight is 263 g/mol. The Balaban J connectivity index is 1.87. The minimum Gasteiger partial charge on any atom is -0.367 e. The maximum absolute atomic E-state index is 11.2. The van der Waals surface area contributed by atoms with E-state index >= 15 is 0 Å². The van der Waals surface area contributed by atoms with Crippen molar-refractivity contribution < 1.29 is 9.53 Å². The summed E-state index contributed by atoms with van der Waals surface area (Å²) in [5, 5.41) is 0.905. The lowest BCUT2D eigenvalue weighted by Gasteiger charge is -2.30. The van der Waals surface area contributed by atoms with Crippen LogP contribution in [0.3, 0.4) is 0 Å². The van der Waals surface area contributed by atoms with Crippen molar-refractivity contribution >= 4 is 27.6 Å². The van der Waals surface area contributed by atoms with Crippen molar-refractivity contribution in [3.05, 3.63) is 29.3 Å². The number of amides is 2. The third kappa shape index (κ3) is 2.04. The first kappa shape index (κ1) is 11.4. The summed E-state index contributed by atoms with van der Waals surface area (Å²) in [5.74, 6) is 0. The topological polar surface area (TPSA) is 68.5 Å². The van der Waals surface area contributed by atoms with Gasteiger partial charge in [-0.2, -0.15) is 0 Å². The Labute approximate surface area is 108 Å². The Morgan fingerprint density at radius 1 is 1.50 bits per heavy atom. The number of nitrogens with zero attached hydrogens (tertiary/aromatic N) is 2. The highest BCUT2D eigenvalue weighted by Crippen LogP contribution is 2.30. The number of primary amides is 1. The van der Waals surface area contributed by atoms with Gasteiger partial charge in [-0.1, -0.05) is 12.1 Å². The number of rotatable bonds is 1. The van der Waals surface area contributed by atoms with Crippen LogP contribution in [0, 0.1) is 0 Å². The minimum atomic E-state index is -0.399. The fraction of sp³-hybridized carbons (Fsp3) is 0.333. The smallest absolute Gasteiger partial charge is 0.314 e. The molecule has 94 valence electrons. The molecule has 0 spiro atoms. The Morgan fingerprint density at radius 2 is 2.33 bits per heavy atom. The van der Waals surface area contributed by atoms with Crippen LogP contribution in [-0.2, 0) is 4.74 Å². The molecule has 1 saturated heterocycles. The largest absolute Gasteiger partial charge is 0.367 e. The van der Waals surface area contributed by atoms with Gasteiger partial charge in [-0.15, -0.1) is 11.3 Å². The minimum absolute atomic E-state index is 0.163. The van der Waals surface area contributed by atoms with E-state index in [1.807, 2.05) is 24.3 Å². The quantitative estimate of drug-likeness (QED) is 0.852. The molecule has 5 nitrogen and oxygen atoms in total. The molecule has 1 fully saturated rings. The number of para-hydroxylation sites is 1. The first-order valence-electron chi connectivity index (χ1n) is 5.75. The first-order valence-corrected chi connectivity index (χ1v) is 6.57. The average Bonchev–Trinajstić information content (AvgIpc) is 2.82. The molecule has 1 aromatic carbocycles. The fourth-order valence-electron chi connectivity index (χ4n) is 2.03. The molecular weight excluding hydrogens is 250 g/mol. The predicted octanol–water partition coefficient (Wildman–Crippen LogP) is 1.75. The SMILES string of the molecule is NC(=O)N1CCOC(c2nc3ccccc3s2)C1. The number of urea groups is 1. The molecule has 1 aliphatic rings. The molecule has 6 heteroatoms. The molecule has 1 atom stereocenters. The van der Waals surface area contributed by atoms with Gasteiger partial charge in [-0.3, -0.25) is 0 Å². The lowest BCUT2D eigenvalue weighted by atomic mass is 10.3. The predicted molar refractivity (Wildman–Crippen MR) is 69.5 cm³/mol. The number of benzene rings is 1. The Kier molecular flexibility index (Phi) is 2.89. The highest BCUT2D eigenvalue weighted by atomic mass is 32.1. The van der Waals surface area contributed by atoms with Gasteiger partial charge in [-0.25, -0.2) is 9.78 Å². The molecular formula is C12H13N3O2S. The number of carbonyl (C=O) groups is 1. The van der Waals surface area contributed by atoms with E-state index in [2.05, 4.69) is 4.98 Å². The van der Waals surface area contributed by atoms with Crippen molar-refractivity contribution in [1.29, 1.82) is 0 Å². The molecule has 2 amide bonds. The maximum atomic E-state index is 11.2. The van der Waals surface area contributed by atoms with Gasteiger partial charge in [-0.05, 0) is 12.1 Å². The van der Waals surface area contributed by atoms with Gasteiger partial charge in [0.15, 0.2) is 0 Å². The van der Waals surface area contributed by atoms with Gasteiger partial charge >= 0.3 is 6.03 Å². The van der Waals surface area contributed by atoms with Crippen LogP contribution in [0.25, 0.3) is 10.2 Å². The molecule has 1 aromatic heterocycles. The number of morpholine rings is 1. The highest BCUT2D eigenvalue weighted by molar-refractivity contribution is 7.18. The van der Waals surface area contributed by atoms with Gasteiger partial charge < -0.3 is 15.4 Å². The molecule has 1 unspecified atom stereocenters. The summed E-state index contributed by atoms with van der Waals surface area (Å²) in [4.78, 5) is 17.3. The van der Waals surface area contributed by atoms with Crippen LogP contribution in [0.2, 0.25) is 0 Å². The van der Waals surface area contributed by atoms with E-state index in [1.165, 1.54) is 0 Å². The number of hydrogen-bond donors (Lipinski definition) is 1. The fourth-order valence-corrected chi connectivity index (χ4v) is 3.03. The van der Waals surface area contributed by atoms with Crippen LogP contribution in [0.1, 0.15) is 11.1 Å². The van der Waals surface area contributed by atoms with E-state index in [-0.39, 0.29) is 6.10 Å². The molecule has 3 rings (SSSR count). The Hall–Kier alpha value is -1.66. The zero-order chi connectivity index (χ0) is 12.5. The van der Waals surface area contributed by atoms with Crippen LogP contribution >= 0.6 is 11.3 Å². The van der Waals surface area contributed by atoms with Crippen LogP contribution in [0.4, 0.5) is 4.79 Å². The Bertz CT molecular complexity index is 550. The third-order valence-electron chi connectivity index (χ3n) is 2.96. The number of carbonyl (C=O) groups excluding carboxylic acids is 1. The van der Waals surface area contributed by atoms with Crippen molar-refractivity contribution in [3.63, 3.8) is 0 Å². The summed E-state index contributed by atoms with van der Waals surface area (Å²) in [6.07, 6.45) is -0.163. The molecule has 2 heterocycles. The molecule has 1 aliphatic heterocycles. The summed E-state index contributed by atoms with van der Waals surface area (Å²) in [7, 11) is 0. The zero-order valence-corrected chi connectivity index (χ0v) is 10.5. The van der Waals surface area contributed by atoms with Gasteiger partial charge in [0.05, 0.1) is 23.4 Å². The molecule has 0 saturated carbocycles. The summed E-state index contributed by atoms with van der Waals surface area (Å²) >= 11 is 1.60. The van der Waals surface area contributed by atoms with Crippen LogP contribution < -0.4 is 5.73 Å². The van der Waals surface area contributed by atoms with Crippen LogP contribution in [-0.4, -0.2) is 35.6 Å². The maximum Gasteiger partial charge on any atom is 0.314 e. The highest BCUT2D eigenvalue weighted by Gasteiger charge is 2.26. The monoisotopic (exact) mass is 263 g/mol. The number of nitrogens with two attached hydrogens (primary N) is 1. The number of aromatic nitrogens is 1. The summed E-state index contributed by atoms with van der Waals surface area (Å²) < 4.78 is 6.80. The molecule has 0 aliphatic carbocycles. The van der Waals surface area contributed by atoms with E-state index in [4.69, 9.17) is 10.5 Å². The zero-order valence-electron chi connectivity index (χ0n) is 9.70. The van der Waals surface area contributed by atoms with Crippen LogP contribution in [0.15, 0.2) is 24.3 Å². The summed E-state index contributed by atoms with van der Waals surface area (Å²) in [5.41, 5.74) is 6.27. The summed E-state index contributed by atoms with van der Waals surface area (Å²) in [6, 6.07) is 7.56. The van der Waals surface area contributed by atoms with E-state index < -0.39 is 6.03 Å². The van der Waals surface area contributed by atoms with Gasteiger partial charge in [0.1, 0.15) is 11.1 Å². The number of thiazole rings is 1. The van der Waals surface area contributed by atoms with E-state index in [0.29, 0.717) is 19.7 Å². The standard InChI is InChI=1S/C12H13N3O2S/c13-12(16)15-5-6-17-9(7-15)11-14-8-3-1-2-4-10(8)18-11/h1-4,9H,5-7H2,(H2,13,16). The number of fused-ring (bicyclic) bond motifs is 1. The lowest BCUT2D eigenvalue weighted by Crippen LogP contribution is -2.44. The second-order valence-electron chi connectivity index (χ2n) is 4.16. The second kappa shape index (κ2) is 4.55. The van der Waals surface area contributed by atoms with Crippen molar-refractivity contribution in [1.82, 2.24) is 9.88 Å². The molecule has 0 bridgehead atoms. The Morgan fingerprint density at radius 3 is 3.11 bits per heavy atom. The van der Waals surface area contributed by atoms with Gasteiger partial charge in [0.2, 0.25) is 0 Å². The van der Waals surface area contributed by atoms with Crippen LogP contribution in [0.5, 0.6) is 0 Å². The normalized spacial score (nSPS) is 20.2. The van der Waals surface area contributed by atoms with E-state index in [0.717, 1.165) is 15.2 Å². The molecule has 2 aromatic rings. The van der Waals surface area contributed by atoms with E-state index in [9.17, 15) is 4.79 Å². The number of hydrogen-bond acceptors (Lipinski definition) is 4. The van der Waals surface area contributed by atoms with E-state index in [1.54, 1.807) is 16.2 Å². The molecule has 2 N–H and O–H groups in total.